The lowest BCUT2D eigenvalue weighted by molar-refractivity contribution is 0.617. The van der Waals surface area contributed by atoms with Crippen molar-refractivity contribution < 1.29 is 4.42 Å². The number of unbranched alkanes of at least 4 members (excludes halogenated alkanes) is 1. The summed E-state index contributed by atoms with van der Waals surface area (Å²) in [6.45, 7) is 6.38. The predicted octanol–water partition coefficient (Wildman–Crippen LogP) is 5.45. The Morgan fingerprint density at radius 1 is 1.14 bits per heavy atom. The zero-order valence-corrected chi connectivity index (χ0v) is 13.4. The van der Waals surface area contributed by atoms with E-state index in [-0.39, 0.29) is 0 Å². The van der Waals surface area contributed by atoms with Gasteiger partial charge >= 0.3 is 0 Å². The van der Waals surface area contributed by atoms with E-state index in [1.54, 1.807) is 0 Å². The van der Waals surface area contributed by atoms with Crippen molar-refractivity contribution in [3.63, 3.8) is 0 Å². The molecule has 0 amide bonds. The number of hydrogen-bond acceptors (Lipinski definition) is 2. The predicted molar refractivity (Wildman–Crippen MR) is 91.8 cm³/mol. The molecule has 1 aromatic rings. The first-order valence-corrected chi connectivity index (χ1v) is 7.83. The van der Waals surface area contributed by atoms with Crippen LogP contribution in [0.2, 0.25) is 0 Å². The van der Waals surface area contributed by atoms with E-state index in [1.165, 1.54) is 5.56 Å². The number of allylic oxidation sites excluding steroid dienone is 2. The molecule has 2 heteroatoms. The molecular weight excluding hydrogens is 270 g/mol. The maximum atomic E-state index is 6.05. The normalized spacial score (nSPS) is 13.2. The van der Waals surface area contributed by atoms with Gasteiger partial charge in [-0.1, -0.05) is 43.7 Å². The van der Waals surface area contributed by atoms with Gasteiger partial charge in [0, 0.05) is 16.6 Å². The van der Waals surface area contributed by atoms with E-state index in [4.69, 9.17) is 9.41 Å². The molecule has 0 aromatic heterocycles. The van der Waals surface area contributed by atoms with Gasteiger partial charge in [-0.3, -0.25) is 4.99 Å². The van der Waals surface area contributed by atoms with Crippen molar-refractivity contribution >= 4 is 11.0 Å². The first-order chi connectivity index (χ1) is 10.7. The third-order valence-electron chi connectivity index (χ3n) is 3.92. The molecule has 1 aromatic carbocycles. The van der Waals surface area contributed by atoms with Crippen LogP contribution in [-0.4, -0.2) is 0 Å². The minimum absolute atomic E-state index is 0.890. The molecule has 2 nitrogen and oxygen atoms in total. The summed E-state index contributed by atoms with van der Waals surface area (Å²) in [6, 6.07) is 14.2. The van der Waals surface area contributed by atoms with E-state index in [0.29, 0.717) is 0 Å². The standard InChI is InChI=1S/C20H21NO/c1-4-5-9-14(2)21-17-11-8-13-19-20(17)15(3)16-10-6-7-12-18(16)22-19/h6-13H,4-5H2,1-3H3/b14-9-,21-17?. The molecule has 0 bridgehead atoms. The summed E-state index contributed by atoms with van der Waals surface area (Å²) in [6.07, 6.45) is 4.39. The van der Waals surface area contributed by atoms with Crippen molar-refractivity contribution in [1.29, 1.82) is 0 Å². The Morgan fingerprint density at radius 2 is 1.95 bits per heavy atom. The van der Waals surface area contributed by atoms with E-state index >= 15 is 0 Å². The summed E-state index contributed by atoms with van der Waals surface area (Å²) < 4.78 is 6.05. The fourth-order valence-electron chi connectivity index (χ4n) is 2.78. The van der Waals surface area contributed by atoms with Gasteiger partial charge in [-0.25, -0.2) is 0 Å². The third kappa shape index (κ3) is 2.69. The Labute approximate surface area is 131 Å². The number of rotatable bonds is 3. The monoisotopic (exact) mass is 291 g/mol. The quantitative estimate of drug-likeness (QED) is 0.589. The summed E-state index contributed by atoms with van der Waals surface area (Å²) in [5, 5.41) is 2.13. The number of para-hydroxylation sites is 1. The molecule has 1 heterocycles. The Balaban J connectivity index is 2.29. The Morgan fingerprint density at radius 3 is 2.77 bits per heavy atom. The van der Waals surface area contributed by atoms with E-state index in [0.717, 1.165) is 46.2 Å². The van der Waals surface area contributed by atoms with E-state index in [2.05, 4.69) is 39.0 Å². The molecular formula is C20H21NO. The van der Waals surface area contributed by atoms with E-state index < -0.39 is 0 Å². The molecule has 0 radical (unpaired) electrons. The van der Waals surface area contributed by atoms with Gasteiger partial charge in [-0.2, -0.15) is 0 Å². The molecule has 112 valence electrons. The second kappa shape index (κ2) is 6.18. The van der Waals surface area contributed by atoms with Gasteiger partial charge in [0.2, 0.25) is 0 Å². The molecule has 3 rings (SSSR count). The van der Waals surface area contributed by atoms with Gasteiger partial charge in [0.05, 0.1) is 5.36 Å². The fraction of sp³-hybridized carbons (Fsp3) is 0.250. The zero-order chi connectivity index (χ0) is 15.5. The van der Waals surface area contributed by atoms with Crippen molar-refractivity contribution in [3.8, 4) is 11.3 Å². The summed E-state index contributed by atoms with van der Waals surface area (Å²) in [5.74, 6) is 0.890. The van der Waals surface area contributed by atoms with Gasteiger partial charge in [-0.15, -0.1) is 0 Å². The zero-order valence-electron chi connectivity index (χ0n) is 13.4. The molecule has 1 aliphatic carbocycles. The average Bonchev–Trinajstić information content (AvgIpc) is 2.53. The molecule has 0 atom stereocenters. The highest BCUT2D eigenvalue weighted by Crippen LogP contribution is 2.30. The number of hydrogen-bond donors (Lipinski definition) is 0. The summed E-state index contributed by atoms with van der Waals surface area (Å²) in [7, 11) is 0. The van der Waals surface area contributed by atoms with Crippen molar-refractivity contribution in [1.82, 2.24) is 0 Å². The van der Waals surface area contributed by atoms with Gasteiger partial charge in [0.25, 0.3) is 0 Å². The summed E-state index contributed by atoms with van der Waals surface area (Å²) in [4.78, 5) is 4.79. The molecule has 2 aliphatic rings. The lowest BCUT2D eigenvalue weighted by Gasteiger charge is -2.12. The van der Waals surface area contributed by atoms with Crippen molar-refractivity contribution in [3.05, 3.63) is 65.2 Å². The molecule has 0 saturated carbocycles. The summed E-state index contributed by atoms with van der Waals surface area (Å²) in [5.41, 5.74) is 4.30. The molecule has 1 aliphatic heterocycles. The number of benzene rings is 2. The highest BCUT2D eigenvalue weighted by Gasteiger charge is 2.13. The van der Waals surface area contributed by atoms with Crippen LogP contribution in [0.1, 0.15) is 32.3 Å². The topological polar surface area (TPSA) is 25.5 Å². The third-order valence-corrected chi connectivity index (χ3v) is 3.92. The molecule has 0 saturated heterocycles. The van der Waals surface area contributed by atoms with Crippen molar-refractivity contribution in [2.45, 2.75) is 33.6 Å². The van der Waals surface area contributed by atoms with Crippen LogP contribution in [0, 0.1) is 6.92 Å². The SMILES string of the molecule is CCC/C=C(/C)N=c1cccc2oc3ccccc3c(C)c1-2. The van der Waals surface area contributed by atoms with Gasteiger partial charge < -0.3 is 4.42 Å². The Kier molecular flexibility index (Phi) is 4.10. The van der Waals surface area contributed by atoms with Gasteiger partial charge in [-0.05, 0) is 44.0 Å². The number of aryl methyl sites for hydroxylation is 1. The molecule has 0 fully saturated rings. The van der Waals surface area contributed by atoms with Crippen molar-refractivity contribution in [2.24, 2.45) is 4.99 Å². The highest BCUT2D eigenvalue weighted by molar-refractivity contribution is 5.87. The Hall–Kier alpha value is -2.35. The van der Waals surface area contributed by atoms with Gasteiger partial charge in [0.15, 0.2) is 0 Å². The van der Waals surface area contributed by atoms with Crippen LogP contribution < -0.4 is 5.36 Å². The van der Waals surface area contributed by atoms with Crippen LogP contribution in [0.5, 0.6) is 0 Å². The first-order valence-electron chi connectivity index (χ1n) is 7.83. The highest BCUT2D eigenvalue weighted by atomic mass is 16.3. The second-order valence-electron chi connectivity index (χ2n) is 5.62. The molecule has 0 unspecified atom stereocenters. The van der Waals surface area contributed by atoms with Crippen LogP contribution in [0.3, 0.4) is 0 Å². The van der Waals surface area contributed by atoms with Crippen LogP contribution >= 0.6 is 0 Å². The van der Waals surface area contributed by atoms with E-state index in [1.807, 2.05) is 30.3 Å². The van der Waals surface area contributed by atoms with E-state index in [9.17, 15) is 0 Å². The number of nitrogens with zero attached hydrogens (tertiary/aromatic N) is 1. The minimum Gasteiger partial charge on any atom is -0.456 e. The molecule has 22 heavy (non-hydrogen) atoms. The summed E-state index contributed by atoms with van der Waals surface area (Å²) >= 11 is 0. The van der Waals surface area contributed by atoms with Crippen molar-refractivity contribution in [2.75, 3.05) is 0 Å². The van der Waals surface area contributed by atoms with Crippen LogP contribution in [0.25, 0.3) is 22.3 Å². The molecule has 0 N–H and O–H groups in total. The Bertz CT molecular complexity index is 870. The largest absolute Gasteiger partial charge is 0.456 e. The minimum atomic E-state index is 0.890. The van der Waals surface area contributed by atoms with Crippen LogP contribution in [0.4, 0.5) is 0 Å². The maximum absolute atomic E-state index is 6.05. The van der Waals surface area contributed by atoms with Gasteiger partial charge in [0.1, 0.15) is 11.3 Å². The second-order valence-corrected chi connectivity index (χ2v) is 5.62. The lowest BCUT2D eigenvalue weighted by Crippen LogP contribution is -2.08. The molecule has 0 spiro atoms. The first kappa shape index (κ1) is 14.6. The van der Waals surface area contributed by atoms with Crippen LogP contribution in [-0.2, 0) is 0 Å². The maximum Gasteiger partial charge on any atom is 0.137 e. The lowest BCUT2D eigenvalue weighted by atomic mass is 10.0. The average molecular weight is 291 g/mol. The van der Waals surface area contributed by atoms with Crippen LogP contribution in [0.15, 0.2) is 63.6 Å². The fourth-order valence-corrected chi connectivity index (χ4v) is 2.78. The number of fused-ring (bicyclic) bond motifs is 2. The smallest absolute Gasteiger partial charge is 0.137 e.